The summed E-state index contributed by atoms with van der Waals surface area (Å²) in [6.07, 6.45) is 6.36. The Morgan fingerprint density at radius 2 is 1.68 bits per heavy atom. The molecule has 0 aliphatic carbocycles. The molecule has 1 unspecified atom stereocenters. The van der Waals surface area contributed by atoms with Crippen LogP contribution in [0, 0.1) is 10.8 Å². The van der Waals surface area contributed by atoms with E-state index in [0.717, 1.165) is 38.6 Å². The monoisotopic (exact) mass is 421 g/mol. The first kappa shape index (κ1) is 20.2. The highest BCUT2D eigenvalue weighted by molar-refractivity contribution is 14.1. The van der Waals surface area contributed by atoms with Crippen LogP contribution < -0.4 is 0 Å². The van der Waals surface area contributed by atoms with Gasteiger partial charge in [0.1, 0.15) is 0 Å². The van der Waals surface area contributed by atoms with Crippen molar-refractivity contribution in [1.29, 1.82) is 0 Å². The Hall–Kier alpha value is 0.200. The third-order valence-electron chi connectivity index (χ3n) is 6.13. The molecule has 1 heterocycles. The number of halogens is 1. The topological polar surface area (TPSA) is 20.3 Å². The van der Waals surface area contributed by atoms with Crippen LogP contribution in [-0.2, 0) is 4.79 Å². The molecule has 0 aromatic carbocycles. The first-order valence-corrected chi connectivity index (χ1v) is 9.98. The van der Waals surface area contributed by atoms with Crippen LogP contribution in [0.3, 0.4) is 0 Å². The van der Waals surface area contributed by atoms with Crippen molar-refractivity contribution in [2.75, 3.05) is 6.54 Å². The number of nitrogens with zero attached hydrogens (tertiary/aromatic N) is 1. The van der Waals surface area contributed by atoms with Gasteiger partial charge in [-0.15, -0.1) is 0 Å². The summed E-state index contributed by atoms with van der Waals surface area (Å²) < 4.78 is 0.204. The third kappa shape index (κ3) is 4.85. The van der Waals surface area contributed by atoms with Gasteiger partial charge in [-0.2, -0.15) is 0 Å². The van der Waals surface area contributed by atoms with Crippen molar-refractivity contribution in [3.63, 3.8) is 0 Å². The van der Waals surface area contributed by atoms with E-state index in [2.05, 4.69) is 76.0 Å². The third-order valence-corrected chi connectivity index (χ3v) is 6.57. The van der Waals surface area contributed by atoms with Crippen molar-refractivity contribution in [1.82, 2.24) is 4.90 Å². The van der Waals surface area contributed by atoms with Crippen LogP contribution in [0.1, 0.15) is 87.0 Å². The Morgan fingerprint density at radius 1 is 1.09 bits per heavy atom. The molecule has 3 heteroatoms. The van der Waals surface area contributed by atoms with Gasteiger partial charge in [0.05, 0.1) is 0 Å². The molecule has 0 saturated carbocycles. The number of alkyl halides is 1. The van der Waals surface area contributed by atoms with E-state index in [9.17, 15) is 4.79 Å². The summed E-state index contributed by atoms with van der Waals surface area (Å²) in [5.41, 5.74) is 0.316. The van der Waals surface area contributed by atoms with Crippen molar-refractivity contribution in [2.24, 2.45) is 10.8 Å². The number of hydrogen-bond acceptors (Lipinski definition) is 1. The maximum atomic E-state index is 12.7. The van der Waals surface area contributed by atoms with E-state index >= 15 is 0 Å². The van der Waals surface area contributed by atoms with Gasteiger partial charge in [-0.1, -0.05) is 83.9 Å². The molecular weight excluding hydrogens is 385 g/mol. The number of hydrogen-bond donors (Lipinski definition) is 0. The lowest BCUT2D eigenvalue weighted by molar-refractivity contribution is -0.138. The molecule has 1 fully saturated rings. The van der Waals surface area contributed by atoms with E-state index in [0.29, 0.717) is 11.9 Å². The highest BCUT2D eigenvalue weighted by Gasteiger charge is 2.47. The molecule has 0 bridgehead atoms. The van der Waals surface area contributed by atoms with Crippen molar-refractivity contribution in [3.05, 3.63) is 0 Å². The highest BCUT2D eigenvalue weighted by Crippen LogP contribution is 2.48. The zero-order valence-electron chi connectivity index (χ0n) is 15.8. The molecule has 1 aliphatic rings. The largest absolute Gasteiger partial charge is 0.339 e. The molecule has 130 valence electrons. The average molecular weight is 421 g/mol. The van der Waals surface area contributed by atoms with E-state index < -0.39 is 0 Å². The zero-order chi connectivity index (χ0) is 17.2. The van der Waals surface area contributed by atoms with Gasteiger partial charge < -0.3 is 4.90 Å². The summed E-state index contributed by atoms with van der Waals surface area (Å²) in [6.45, 7) is 17.3. The van der Waals surface area contributed by atoms with Gasteiger partial charge in [0.2, 0.25) is 5.91 Å². The predicted octanol–water partition coefficient (Wildman–Crippen LogP) is 5.82. The molecule has 0 spiro atoms. The molecule has 0 N–H and O–H groups in total. The number of carbonyl (C=O) groups is 1. The summed E-state index contributed by atoms with van der Waals surface area (Å²) in [5, 5.41) is 0. The lowest BCUT2D eigenvalue weighted by Gasteiger charge is -2.52. The second kappa shape index (κ2) is 7.40. The van der Waals surface area contributed by atoms with Crippen LogP contribution >= 0.6 is 22.6 Å². The zero-order valence-corrected chi connectivity index (χ0v) is 17.9. The summed E-state index contributed by atoms with van der Waals surface area (Å²) >= 11 is 2.55. The molecule has 0 radical (unpaired) electrons. The fourth-order valence-corrected chi connectivity index (χ4v) is 3.87. The Kier molecular flexibility index (Phi) is 6.81. The van der Waals surface area contributed by atoms with Crippen molar-refractivity contribution < 1.29 is 4.79 Å². The Labute approximate surface area is 151 Å². The van der Waals surface area contributed by atoms with Gasteiger partial charge in [0, 0.05) is 22.4 Å². The molecule has 1 saturated heterocycles. The average Bonchev–Trinajstić information content (AvgIpc) is 2.59. The van der Waals surface area contributed by atoms with Crippen LogP contribution in [0.5, 0.6) is 0 Å². The number of carbonyl (C=O) groups excluding carboxylic acids is 1. The molecule has 1 amide bonds. The first-order chi connectivity index (χ1) is 9.92. The highest BCUT2D eigenvalue weighted by atomic mass is 127. The van der Waals surface area contributed by atoms with Crippen LogP contribution in [0.25, 0.3) is 0 Å². The Bertz CT molecular complexity index is 381. The number of rotatable bonds is 6. The summed E-state index contributed by atoms with van der Waals surface area (Å²) in [4.78, 5) is 15.0. The van der Waals surface area contributed by atoms with Gasteiger partial charge in [0.15, 0.2) is 0 Å². The minimum Gasteiger partial charge on any atom is -0.339 e. The van der Waals surface area contributed by atoms with Crippen LogP contribution in [-0.4, -0.2) is 26.8 Å². The fourth-order valence-electron chi connectivity index (χ4n) is 3.45. The maximum absolute atomic E-state index is 12.7. The van der Waals surface area contributed by atoms with E-state index in [1.54, 1.807) is 0 Å². The molecule has 2 nitrogen and oxygen atoms in total. The molecule has 0 aromatic rings. The summed E-state index contributed by atoms with van der Waals surface area (Å²) in [6, 6.07) is 0.319. The van der Waals surface area contributed by atoms with Gasteiger partial charge in [-0.25, -0.2) is 0 Å². The minimum atomic E-state index is 0.101. The lowest BCUT2D eigenvalue weighted by Crippen LogP contribution is -2.55. The minimum absolute atomic E-state index is 0.101. The SMILES string of the molecule is CCC(C)(C)C(C)(C)C(CC(C)(C)I)N1CCCCCC1=O. The van der Waals surface area contributed by atoms with Crippen molar-refractivity contribution >= 4 is 28.5 Å². The second-order valence-corrected chi connectivity index (χ2v) is 11.7. The number of amides is 1. The summed E-state index contributed by atoms with van der Waals surface area (Å²) in [7, 11) is 0. The van der Waals surface area contributed by atoms with Gasteiger partial charge in [0.25, 0.3) is 0 Å². The molecule has 22 heavy (non-hydrogen) atoms. The van der Waals surface area contributed by atoms with Crippen molar-refractivity contribution in [3.8, 4) is 0 Å². The smallest absolute Gasteiger partial charge is 0.222 e. The first-order valence-electron chi connectivity index (χ1n) is 8.91. The van der Waals surface area contributed by atoms with Crippen LogP contribution in [0.2, 0.25) is 0 Å². The lowest BCUT2D eigenvalue weighted by atomic mass is 9.60. The molecule has 1 rings (SSSR count). The van der Waals surface area contributed by atoms with E-state index in [4.69, 9.17) is 0 Å². The maximum Gasteiger partial charge on any atom is 0.222 e. The van der Waals surface area contributed by atoms with Crippen LogP contribution in [0.4, 0.5) is 0 Å². The van der Waals surface area contributed by atoms with Crippen LogP contribution in [0.15, 0.2) is 0 Å². The van der Waals surface area contributed by atoms with Crippen molar-refractivity contribution in [2.45, 2.75) is 96.5 Å². The predicted molar refractivity (Wildman–Crippen MR) is 105 cm³/mol. The second-order valence-electron chi connectivity index (χ2n) is 8.80. The van der Waals surface area contributed by atoms with E-state index in [1.807, 2.05) is 0 Å². The normalized spacial score (nSPS) is 20.0. The number of likely N-dealkylation sites (tertiary alicyclic amines) is 1. The van der Waals surface area contributed by atoms with E-state index in [-0.39, 0.29) is 14.3 Å². The molecule has 1 aliphatic heterocycles. The molecule has 0 aromatic heterocycles. The quantitative estimate of drug-likeness (QED) is 0.391. The fraction of sp³-hybridized carbons (Fsp3) is 0.947. The summed E-state index contributed by atoms with van der Waals surface area (Å²) in [5.74, 6) is 0.378. The molecular formula is C19H36INO. The van der Waals surface area contributed by atoms with Gasteiger partial charge >= 0.3 is 0 Å². The Balaban J connectivity index is 3.19. The standard InChI is InChI=1S/C19H36INO/c1-8-17(2,3)19(6,7)15(14-18(4,5)20)21-13-11-9-10-12-16(21)22/h15H,8-14H2,1-7H3. The Morgan fingerprint density at radius 3 is 2.18 bits per heavy atom. The van der Waals surface area contributed by atoms with E-state index in [1.165, 1.54) is 6.42 Å². The molecule has 1 atom stereocenters. The van der Waals surface area contributed by atoms with Gasteiger partial charge in [-0.3, -0.25) is 4.79 Å². The van der Waals surface area contributed by atoms with Gasteiger partial charge in [-0.05, 0) is 30.1 Å².